The molecule has 0 spiro atoms. The molecule has 0 radical (unpaired) electrons. The van der Waals surface area contributed by atoms with Gasteiger partial charge in [0.2, 0.25) is 0 Å². The summed E-state index contributed by atoms with van der Waals surface area (Å²) in [7, 11) is 0. The highest BCUT2D eigenvalue weighted by Crippen LogP contribution is 2.34. The van der Waals surface area contributed by atoms with Crippen LogP contribution in [0.25, 0.3) is 0 Å². The van der Waals surface area contributed by atoms with Crippen LogP contribution in [0.1, 0.15) is 81.6 Å². The fourth-order valence-corrected chi connectivity index (χ4v) is 3.05. The van der Waals surface area contributed by atoms with Crippen molar-refractivity contribution in [2.45, 2.75) is 92.7 Å². The van der Waals surface area contributed by atoms with E-state index >= 15 is 0 Å². The van der Waals surface area contributed by atoms with Crippen LogP contribution in [0.2, 0.25) is 0 Å². The second-order valence-corrected chi connectivity index (χ2v) is 9.12. The average Bonchev–Trinajstić information content (AvgIpc) is 2.11. The van der Waals surface area contributed by atoms with Crippen LogP contribution in [0.3, 0.4) is 0 Å². The largest absolute Gasteiger partial charge is 0.387 e. The Morgan fingerprint density at radius 1 is 0.900 bits per heavy atom. The molecule has 4 N–H and O–H groups in total. The lowest BCUT2D eigenvalue weighted by Gasteiger charge is -2.36. The van der Waals surface area contributed by atoms with Gasteiger partial charge >= 0.3 is 0 Å². The van der Waals surface area contributed by atoms with Gasteiger partial charge in [-0.25, -0.2) is 0 Å². The van der Waals surface area contributed by atoms with Crippen molar-refractivity contribution in [3.8, 4) is 0 Å². The summed E-state index contributed by atoms with van der Waals surface area (Å²) in [6, 6.07) is 0. The minimum atomic E-state index is -0.223. The Labute approximate surface area is 126 Å². The third-order valence-electron chi connectivity index (χ3n) is 3.73. The summed E-state index contributed by atoms with van der Waals surface area (Å²) in [5, 5.41) is 0. The number of hydrogen-bond donors (Lipinski definition) is 2. The number of hydrogen-bond acceptors (Lipinski definition) is 2. The summed E-state index contributed by atoms with van der Waals surface area (Å²) >= 11 is 0. The Hall–Kier alpha value is -0.570. The molecule has 0 bridgehead atoms. The number of rotatable bonds is 6. The van der Waals surface area contributed by atoms with Gasteiger partial charge < -0.3 is 11.5 Å². The standard InChI is InChI=1S/C17H37N3/c1-10-17(9,19)12-16(7,8)20-13(18)15(5,6)11-14(2,3)4/h10-12,19H2,1-9H3,(H2,18,20). The number of nitrogens with zero attached hydrogens (tertiary/aromatic N) is 1. The Kier molecular flexibility index (Phi) is 5.87. The summed E-state index contributed by atoms with van der Waals surface area (Å²) in [5.74, 6) is 0.740. The van der Waals surface area contributed by atoms with Crippen LogP contribution in [0, 0.1) is 10.8 Å². The van der Waals surface area contributed by atoms with Crippen LogP contribution >= 0.6 is 0 Å². The lowest BCUT2D eigenvalue weighted by atomic mass is 9.75. The minimum Gasteiger partial charge on any atom is -0.387 e. The van der Waals surface area contributed by atoms with Crippen molar-refractivity contribution in [3.63, 3.8) is 0 Å². The maximum absolute atomic E-state index is 6.31. The fourth-order valence-electron chi connectivity index (χ4n) is 3.05. The summed E-state index contributed by atoms with van der Waals surface area (Å²) in [4.78, 5) is 4.81. The first-order valence-electron chi connectivity index (χ1n) is 7.75. The van der Waals surface area contributed by atoms with E-state index in [4.69, 9.17) is 16.5 Å². The molecule has 0 aromatic carbocycles. The third kappa shape index (κ3) is 7.28. The Morgan fingerprint density at radius 3 is 1.70 bits per heavy atom. The predicted octanol–water partition coefficient (Wildman–Crippen LogP) is 4.10. The summed E-state index contributed by atoms with van der Waals surface area (Å²) < 4.78 is 0. The SMILES string of the molecule is CCC(C)(N)CC(C)(C)N=C(N)C(C)(C)CC(C)(C)C. The molecule has 20 heavy (non-hydrogen) atoms. The van der Waals surface area contributed by atoms with Gasteiger partial charge in [-0.1, -0.05) is 41.5 Å². The second kappa shape index (κ2) is 6.05. The van der Waals surface area contributed by atoms with Crippen LogP contribution in [-0.2, 0) is 0 Å². The first-order chi connectivity index (χ1) is 8.60. The zero-order valence-electron chi connectivity index (χ0n) is 15.2. The van der Waals surface area contributed by atoms with Gasteiger partial charge in [-0.2, -0.15) is 0 Å². The monoisotopic (exact) mass is 283 g/mol. The van der Waals surface area contributed by atoms with E-state index in [1.54, 1.807) is 0 Å². The number of aliphatic imine (C=N–C) groups is 1. The Bertz CT molecular complexity index is 344. The Morgan fingerprint density at radius 2 is 1.35 bits per heavy atom. The van der Waals surface area contributed by atoms with Crippen molar-refractivity contribution in [1.82, 2.24) is 0 Å². The fraction of sp³-hybridized carbons (Fsp3) is 0.941. The molecule has 0 amide bonds. The van der Waals surface area contributed by atoms with Gasteiger partial charge in [0.25, 0.3) is 0 Å². The van der Waals surface area contributed by atoms with Crippen LogP contribution in [0.15, 0.2) is 4.99 Å². The van der Waals surface area contributed by atoms with E-state index in [9.17, 15) is 0 Å². The first kappa shape index (κ1) is 19.4. The quantitative estimate of drug-likeness (QED) is 0.569. The zero-order valence-corrected chi connectivity index (χ0v) is 15.2. The van der Waals surface area contributed by atoms with Gasteiger partial charge in [-0.15, -0.1) is 0 Å². The molecule has 120 valence electrons. The van der Waals surface area contributed by atoms with E-state index in [0.717, 1.165) is 25.1 Å². The molecule has 1 unspecified atom stereocenters. The van der Waals surface area contributed by atoms with E-state index in [2.05, 4.69) is 62.3 Å². The highest BCUT2D eigenvalue weighted by atomic mass is 15.0. The van der Waals surface area contributed by atoms with Gasteiger partial charge in [-0.3, -0.25) is 4.99 Å². The molecule has 0 aromatic heterocycles. The second-order valence-electron chi connectivity index (χ2n) is 9.12. The predicted molar refractivity (Wildman–Crippen MR) is 91.1 cm³/mol. The molecule has 3 heteroatoms. The maximum Gasteiger partial charge on any atom is 0.100 e. The molecule has 1 atom stereocenters. The van der Waals surface area contributed by atoms with E-state index in [1.165, 1.54) is 0 Å². The van der Waals surface area contributed by atoms with Crippen LogP contribution in [0.4, 0.5) is 0 Å². The summed E-state index contributed by atoms with van der Waals surface area (Å²) in [6.07, 6.45) is 2.79. The zero-order chi connectivity index (χ0) is 16.4. The summed E-state index contributed by atoms with van der Waals surface area (Å²) in [6.45, 7) is 19.5. The molecular formula is C17H37N3. The topological polar surface area (TPSA) is 64.4 Å². The average molecular weight is 284 g/mol. The third-order valence-corrected chi connectivity index (χ3v) is 3.73. The van der Waals surface area contributed by atoms with Gasteiger partial charge in [0.15, 0.2) is 0 Å². The number of amidine groups is 1. The molecule has 0 aromatic rings. The maximum atomic E-state index is 6.31. The highest BCUT2D eigenvalue weighted by Gasteiger charge is 2.33. The smallest absolute Gasteiger partial charge is 0.100 e. The van der Waals surface area contributed by atoms with Crippen molar-refractivity contribution >= 4 is 5.84 Å². The van der Waals surface area contributed by atoms with Crippen LogP contribution in [-0.4, -0.2) is 16.9 Å². The highest BCUT2D eigenvalue weighted by molar-refractivity contribution is 5.86. The normalized spacial score (nSPS) is 18.0. The molecular weight excluding hydrogens is 246 g/mol. The lowest BCUT2D eigenvalue weighted by molar-refractivity contribution is 0.272. The van der Waals surface area contributed by atoms with Crippen LogP contribution in [0.5, 0.6) is 0 Å². The van der Waals surface area contributed by atoms with E-state index in [-0.39, 0.29) is 21.9 Å². The molecule has 0 saturated heterocycles. The Balaban J connectivity index is 5.11. The molecule has 0 rings (SSSR count). The molecule has 0 heterocycles. The molecule has 3 nitrogen and oxygen atoms in total. The van der Waals surface area contributed by atoms with Gasteiger partial charge in [0.1, 0.15) is 5.84 Å². The number of nitrogens with two attached hydrogens (primary N) is 2. The first-order valence-corrected chi connectivity index (χ1v) is 7.75. The molecule has 0 saturated carbocycles. The van der Waals surface area contributed by atoms with E-state index in [0.29, 0.717) is 0 Å². The van der Waals surface area contributed by atoms with Gasteiger partial charge in [0, 0.05) is 11.0 Å². The molecule has 0 aliphatic heterocycles. The minimum absolute atomic E-state index is 0.0905. The van der Waals surface area contributed by atoms with Crippen molar-refractivity contribution < 1.29 is 0 Å². The van der Waals surface area contributed by atoms with E-state index < -0.39 is 0 Å². The molecule has 0 aliphatic rings. The lowest BCUT2D eigenvalue weighted by Crippen LogP contribution is -2.44. The van der Waals surface area contributed by atoms with Gasteiger partial charge in [-0.05, 0) is 45.4 Å². The van der Waals surface area contributed by atoms with E-state index in [1.807, 2.05) is 0 Å². The van der Waals surface area contributed by atoms with Crippen molar-refractivity contribution in [1.29, 1.82) is 0 Å². The van der Waals surface area contributed by atoms with Crippen LogP contribution < -0.4 is 11.5 Å². The van der Waals surface area contributed by atoms with Gasteiger partial charge in [0.05, 0.1) is 5.54 Å². The molecule has 0 aliphatic carbocycles. The van der Waals surface area contributed by atoms with Crippen molar-refractivity contribution in [2.75, 3.05) is 0 Å². The van der Waals surface area contributed by atoms with Crippen molar-refractivity contribution in [2.24, 2.45) is 27.3 Å². The molecule has 0 fully saturated rings. The van der Waals surface area contributed by atoms with Crippen molar-refractivity contribution in [3.05, 3.63) is 0 Å². The summed E-state index contributed by atoms with van der Waals surface area (Å²) in [5.41, 5.74) is 12.3.